The Bertz CT molecular complexity index is 834. The third-order valence-corrected chi connectivity index (χ3v) is 4.81. The first-order valence-corrected chi connectivity index (χ1v) is 8.80. The number of nitrogens with one attached hydrogen (secondary N) is 1. The maximum Gasteiger partial charge on any atom is 0.267 e. The number of fused-ring (bicyclic) bond motifs is 2. The minimum atomic E-state index is -0.218. The molecular weight excluding hydrogens is 318 g/mol. The molecule has 1 aromatic carbocycles. The normalized spacial score (nSPS) is 18.2. The minimum Gasteiger partial charge on any atom is -0.488 e. The summed E-state index contributed by atoms with van der Waals surface area (Å²) in [7, 11) is 0. The summed E-state index contributed by atoms with van der Waals surface area (Å²) in [5, 5.41) is 7.23. The number of carbonyl (C=O) groups is 1. The van der Waals surface area contributed by atoms with E-state index >= 15 is 0 Å². The quantitative estimate of drug-likeness (QED) is 0.910. The van der Waals surface area contributed by atoms with Gasteiger partial charge in [-0.2, -0.15) is 5.10 Å². The molecule has 0 spiro atoms. The summed E-state index contributed by atoms with van der Waals surface area (Å²) in [5.41, 5.74) is 2.94. The maximum atomic E-state index is 12.2. The van der Waals surface area contributed by atoms with E-state index in [2.05, 4.69) is 10.4 Å². The molecule has 0 saturated heterocycles. The highest BCUT2D eigenvalue weighted by molar-refractivity contribution is 5.75. The first kappa shape index (κ1) is 15.9. The fourth-order valence-corrected chi connectivity index (χ4v) is 3.50. The molecule has 1 aliphatic carbocycles. The Labute approximate surface area is 145 Å². The Hall–Kier alpha value is -2.63. The summed E-state index contributed by atoms with van der Waals surface area (Å²) < 4.78 is 7.07. The third-order valence-electron chi connectivity index (χ3n) is 4.81. The third kappa shape index (κ3) is 3.43. The Morgan fingerprint density at radius 3 is 2.96 bits per heavy atom. The molecule has 130 valence electrons. The highest BCUT2D eigenvalue weighted by Gasteiger charge is 2.23. The average molecular weight is 339 g/mol. The van der Waals surface area contributed by atoms with Crippen LogP contribution in [0.3, 0.4) is 0 Å². The first-order chi connectivity index (χ1) is 12.2. The molecule has 1 unspecified atom stereocenters. The van der Waals surface area contributed by atoms with Crippen molar-refractivity contribution in [2.75, 3.05) is 6.54 Å². The maximum absolute atomic E-state index is 12.2. The lowest BCUT2D eigenvalue weighted by atomic mass is 9.97. The van der Waals surface area contributed by atoms with Crippen molar-refractivity contribution < 1.29 is 9.53 Å². The molecule has 0 fully saturated rings. The van der Waals surface area contributed by atoms with E-state index in [9.17, 15) is 9.59 Å². The molecule has 0 radical (unpaired) electrons. The van der Waals surface area contributed by atoms with Crippen LogP contribution in [0.5, 0.6) is 5.75 Å². The van der Waals surface area contributed by atoms with Gasteiger partial charge in [0.2, 0.25) is 5.91 Å². The van der Waals surface area contributed by atoms with Gasteiger partial charge in [-0.25, -0.2) is 4.68 Å². The Morgan fingerprint density at radius 2 is 2.08 bits per heavy atom. The molecule has 1 aromatic heterocycles. The molecule has 2 heterocycles. The zero-order chi connectivity index (χ0) is 17.2. The van der Waals surface area contributed by atoms with Crippen LogP contribution in [0.15, 0.2) is 35.1 Å². The molecule has 6 heteroatoms. The number of rotatable bonds is 4. The van der Waals surface area contributed by atoms with Crippen molar-refractivity contribution in [3.8, 4) is 5.75 Å². The van der Waals surface area contributed by atoms with Gasteiger partial charge in [-0.3, -0.25) is 9.59 Å². The van der Waals surface area contributed by atoms with E-state index in [1.165, 1.54) is 4.68 Å². The number of hydrogen-bond acceptors (Lipinski definition) is 4. The molecule has 2 aliphatic rings. The van der Waals surface area contributed by atoms with Gasteiger partial charge < -0.3 is 10.1 Å². The minimum absolute atomic E-state index is 0.0498. The number of nitrogens with zero attached hydrogens (tertiary/aromatic N) is 2. The number of aryl methyl sites for hydroxylation is 2. The fraction of sp³-hybridized carbons (Fsp3) is 0.421. The summed E-state index contributed by atoms with van der Waals surface area (Å²) in [5.74, 6) is 0.666. The monoisotopic (exact) mass is 339 g/mol. The van der Waals surface area contributed by atoms with Gasteiger partial charge in [-0.1, -0.05) is 18.2 Å². The summed E-state index contributed by atoms with van der Waals surface area (Å²) in [6, 6.07) is 9.53. The average Bonchev–Trinajstić information content (AvgIpc) is 3.03. The predicted octanol–water partition coefficient (Wildman–Crippen LogP) is 1.24. The Kier molecular flexibility index (Phi) is 4.26. The lowest BCUT2D eigenvalue weighted by Crippen LogP contribution is -2.39. The van der Waals surface area contributed by atoms with Crippen LogP contribution in [0.25, 0.3) is 0 Å². The van der Waals surface area contributed by atoms with Crippen molar-refractivity contribution in [1.82, 2.24) is 15.1 Å². The number of aromatic nitrogens is 2. The van der Waals surface area contributed by atoms with E-state index in [1.54, 1.807) is 6.07 Å². The van der Waals surface area contributed by atoms with Crippen LogP contribution in [-0.4, -0.2) is 28.3 Å². The van der Waals surface area contributed by atoms with E-state index in [0.717, 1.165) is 54.7 Å². The summed E-state index contributed by atoms with van der Waals surface area (Å²) in [6.07, 6.45) is 4.70. The predicted molar refractivity (Wildman–Crippen MR) is 92.7 cm³/mol. The molecule has 4 rings (SSSR count). The van der Waals surface area contributed by atoms with Crippen LogP contribution < -0.4 is 15.6 Å². The van der Waals surface area contributed by atoms with Crippen LogP contribution in [0, 0.1) is 0 Å². The van der Waals surface area contributed by atoms with E-state index in [-0.39, 0.29) is 24.1 Å². The van der Waals surface area contributed by atoms with Crippen LogP contribution in [0.1, 0.15) is 29.7 Å². The Balaban J connectivity index is 1.35. The second-order valence-electron chi connectivity index (χ2n) is 6.68. The second kappa shape index (κ2) is 6.70. The van der Waals surface area contributed by atoms with Gasteiger partial charge in [-0.05, 0) is 42.9 Å². The van der Waals surface area contributed by atoms with E-state index in [4.69, 9.17) is 4.74 Å². The molecule has 0 saturated carbocycles. The van der Waals surface area contributed by atoms with Gasteiger partial charge in [-0.15, -0.1) is 0 Å². The van der Waals surface area contributed by atoms with Gasteiger partial charge >= 0.3 is 0 Å². The number of hydrogen-bond donors (Lipinski definition) is 1. The van der Waals surface area contributed by atoms with E-state index in [1.807, 2.05) is 24.3 Å². The van der Waals surface area contributed by atoms with Crippen molar-refractivity contribution >= 4 is 5.91 Å². The number of para-hydroxylation sites is 1. The Morgan fingerprint density at radius 1 is 1.24 bits per heavy atom. The SMILES string of the molecule is O=C(Cn1nc2c(cc1=O)CCCC2)NCC1Cc2ccccc2O1. The second-order valence-corrected chi connectivity index (χ2v) is 6.68. The molecule has 2 aromatic rings. The molecule has 1 amide bonds. The topological polar surface area (TPSA) is 73.2 Å². The lowest BCUT2D eigenvalue weighted by molar-refractivity contribution is -0.122. The smallest absolute Gasteiger partial charge is 0.267 e. The van der Waals surface area contributed by atoms with Crippen molar-refractivity contribution in [3.05, 3.63) is 57.5 Å². The number of amides is 1. The van der Waals surface area contributed by atoms with E-state index < -0.39 is 0 Å². The standard InChI is InChI=1S/C19H21N3O3/c23-18(20-11-15-9-14-6-2-4-8-17(14)25-15)12-22-19(24)10-13-5-1-3-7-16(13)21-22/h2,4,6,8,10,15H,1,3,5,7,9,11-12H2,(H,20,23). The van der Waals surface area contributed by atoms with Crippen LogP contribution >= 0.6 is 0 Å². The van der Waals surface area contributed by atoms with Gasteiger partial charge in [0, 0.05) is 12.5 Å². The molecule has 0 bridgehead atoms. The molecule has 6 nitrogen and oxygen atoms in total. The van der Waals surface area contributed by atoms with Gasteiger partial charge in [0.25, 0.3) is 5.56 Å². The molecule has 25 heavy (non-hydrogen) atoms. The largest absolute Gasteiger partial charge is 0.488 e. The van der Waals surface area contributed by atoms with Crippen molar-refractivity contribution in [2.24, 2.45) is 0 Å². The zero-order valence-corrected chi connectivity index (χ0v) is 14.0. The summed E-state index contributed by atoms with van der Waals surface area (Å²) in [6.45, 7) is 0.374. The number of benzene rings is 1. The number of carbonyl (C=O) groups excluding carboxylic acids is 1. The highest BCUT2D eigenvalue weighted by atomic mass is 16.5. The van der Waals surface area contributed by atoms with Gasteiger partial charge in [0.15, 0.2) is 0 Å². The first-order valence-electron chi connectivity index (χ1n) is 8.80. The highest BCUT2D eigenvalue weighted by Crippen LogP contribution is 2.27. The van der Waals surface area contributed by atoms with E-state index in [0.29, 0.717) is 6.54 Å². The fourth-order valence-electron chi connectivity index (χ4n) is 3.50. The molecular formula is C19H21N3O3. The lowest BCUT2D eigenvalue weighted by Gasteiger charge is -2.16. The molecule has 1 atom stereocenters. The van der Waals surface area contributed by atoms with Crippen molar-refractivity contribution in [1.29, 1.82) is 0 Å². The molecule has 1 N–H and O–H groups in total. The van der Waals surface area contributed by atoms with Crippen molar-refractivity contribution in [3.63, 3.8) is 0 Å². The number of ether oxygens (including phenoxy) is 1. The van der Waals surface area contributed by atoms with Crippen LogP contribution in [0.4, 0.5) is 0 Å². The van der Waals surface area contributed by atoms with Gasteiger partial charge in [0.05, 0.1) is 12.2 Å². The van der Waals surface area contributed by atoms with Crippen LogP contribution in [-0.2, 0) is 30.6 Å². The zero-order valence-electron chi connectivity index (χ0n) is 14.0. The summed E-state index contributed by atoms with van der Waals surface area (Å²) >= 11 is 0. The summed E-state index contributed by atoms with van der Waals surface area (Å²) in [4.78, 5) is 24.3. The molecule has 1 aliphatic heterocycles. The van der Waals surface area contributed by atoms with Crippen LogP contribution in [0.2, 0.25) is 0 Å². The van der Waals surface area contributed by atoms with Crippen molar-refractivity contribution in [2.45, 2.75) is 44.8 Å². The van der Waals surface area contributed by atoms with Gasteiger partial charge in [0.1, 0.15) is 18.4 Å².